The Morgan fingerprint density at radius 3 is 2.71 bits per heavy atom. The molecule has 1 fully saturated rings. The van der Waals surface area contributed by atoms with Gasteiger partial charge in [-0.25, -0.2) is 4.79 Å². The molecule has 0 bridgehead atoms. The van der Waals surface area contributed by atoms with Gasteiger partial charge >= 0.3 is 5.97 Å². The second-order valence-electron chi connectivity index (χ2n) is 8.04. The number of aryl methyl sites for hydroxylation is 1. The van der Waals surface area contributed by atoms with Crippen LogP contribution in [-0.2, 0) is 0 Å². The predicted molar refractivity (Wildman–Crippen MR) is 135 cm³/mol. The number of nitrogens with one attached hydrogen (secondary N) is 1. The van der Waals surface area contributed by atoms with Crippen molar-refractivity contribution in [2.75, 3.05) is 4.90 Å². The highest BCUT2D eigenvalue weighted by molar-refractivity contribution is 7.80. The van der Waals surface area contributed by atoms with Crippen LogP contribution in [0.3, 0.4) is 0 Å². The number of halogens is 1. The maximum absolute atomic E-state index is 11.5. The number of thiocarbonyl (C=S) groups is 1. The standard InChI is InChI=1S/C26H20ClN3O3S/c1-15-5-4-6-17(13-15)30-24(23(29-26(30)34)20-7-2-3-12-28-20)22-11-10-21(33-22)18-14-16(25(31)32)8-9-19(18)27/h2-14,23-24H,1H3,(H,29,34)(H,31,32)/t23-,24-/m1/s1. The van der Waals surface area contributed by atoms with E-state index in [0.29, 0.717) is 27.2 Å². The number of carboxylic acid groups (broad SMARTS) is 1. The molecule has 1 saturated heterocycles. The van der Waals surface area contributed by atoms with E-state index in [-0.39, 0.29) is 17.6 Å². The molecule has 0 unspecified atom stereocenters. The van der Waals surface area contributed by atoms with Crippen molar-refractivity contribution in [3.8, 4) is 11.3 Å². The molecule has 170 valence electrons. The Morgan fingerprint density at radius 1 is 1.12 bits per heavy atom. The number of aromatic carboxylic acids is 1. The van der Waals surface area contributed by atoms with E-state index in [0.717, 1.165) is 16.9 Å². The summed E-state index contributed by atoms with van der Waals surface area (Å²) in [6.07, 6.45) is 1.75. The summed E-state index contributed by atoms with van der Waals surface area (Å²) >= 11 is 12.1. The fourth-order valence-electron chi connectivity index (χ4n) is 4.20. The van der Waals surface area contributed by atoms with E-state index in [2.05, 4.69) is 16.4 Å². The predicted octanol–water partition coefficient (Wildman–Crippen LogP) is 6.18. The second-order valence-corrected chi connectivity index (χ2v) is 8.83. The maximum Gasteiger partial charge on any atom is 0.335 e. The number of carbonyl (C=O) groups is 1. The van der Waals surface area contributed by atoms with E-state index in [1.165, 1.54) is 12.1 Å². The van der Waals surface area contributed by atoms with Crippen LogP contribution in [0.25, 0.3) is 11.3 Å². The lowest BCUT2D eigenvalue weighted by Gasteiger charge is -2.26. The lowest BCUT2D eigenvalue weighted by Crippen LogP contribution is -2.29. The average Bonchev–Trinajstić information content (AvgIpc) is 3.44. The smallest absolute Gasteiger partial charge is 0.335 e. The number of furan rings is 1. The highest BCUT2D eigenvalue weighted by Crippen LogP contribution is 2.43. The van der Waals surface area contributed by atoms with Crippen molar-refractivity contribution in [3.63, 3.8) is 0 Å². The number of hydrogen-bond donors (Lipinski definition) is 2. The van der Waals surface area contributed by atoms with Gasteiger partial charge in [0.15, 0.2) is 5.11 Å². The number of rotatable bonds is 5. The van der Waals surface area contributed by atoms with Crippen molar-refractivity contribution in [1.82, 2.24) is 10.3 Å². The summed E-state index contributed by atoms with van der Waals surface area (Å²) in [7, 11) is 0. The van der Waals surface area contributed by atoms with Crippen LogP contribution in [0, 0.1) is 6.92 Å². The van der Waals surface area contributed by atoms with Crippen molar-refractivity contribution < 1.29 is 14.3 Å². The monoisotopic (exact) mass is 489 g/mol. The molecule has 1 aliphatic rings. The van der Waals surface area contributed by atoms with Gasteiger partial charge in [0.1, 0.15) is 17.6 Å². The molecule has 1 aliphatic heterocycles. The van der Waals surface area contributed by atoms with Gasteiger partial charge in [-0.1, -0.05) is 29.8 Å². The van der Waals surface area contributed by atoms with Gasteiger partial charge in [-0.2, -0.15) is 0 Å². The number of hydrogen-bond acceptors (Lipinski definition) is 4. The summed E-state index contributed by atoms with van der Waals surface area (Å²) in [5.74, 6) is 0.0945. The first-order valence-corrected chi connectivity index (χ1v) is 11.4. The Hall–Kier alpha value is -3.68. The molecule has 4 aromatic rings. The zero-order valence-corrected chi connectivity index (χ0v) is 19.7. The summed E-state index contributed by atoms with van der Waals surface area (Å²) in [4.78, 5) is 18.0. The zero-order chi connectivity index (χ0) is 23.8. The normalized spacial score (nSPS) is 17.6. The van der Waals surface area contributed by atoms with Crippen molar-refractivity contribution in [3.05, 3.63) is 107 Å². The van der Waals surface area contributed by atoms with Crippen LogP contribution in [0.5, 0.6) is 0 Å². The van der Waals surface area contributed by atoms with E-state index in [9.17, 15) is 9.90 Å². The zero-order valence-electron chi connectivity index (χ0n) is 18.1. The molecule has 2 N–H and O–H groups in total. The second kappa shape index (κ2) is 8.93. The SMILES string of the molecule is Cc1cccc(N2C(=S)N[C@H](c3ccccn3)[C@H]2c2ccc(-c3cc(C(=O)O)ccc3Cl)o2)c1. The van der Waals surface area contributed by atoms with E-state index < -0.39 is 5.97 Å². The summed E-state index contributed by atoms with van der Waals surface area (Å²) in [5.41, 5.74) is 3.52. The van der Waals surface area contributed by atoms with Gasteiger partial charge in [-0.05, 0) is 79.3 Å². The Labute approximate surface area is 206 Å². The molecule has 0 spiro atoms. The largest absolute Gasteiger partial charge is 0.478 e. The van der Waals surface area contributed by atoms with E-state index in [1.807, 2.05) is 54.3 Å². The van der Waals surface area contributed by atoms with Crippen molar-refractivity contribution in [2.45, 2.75) is 19.0 Å². The van der Waals surface area contributed by atoms with E-state index in [4.69, 9.17) is 28.2 Å². The van der Waals surface area contributed by atoms with Crippen LogP contribution in [0.2, 0.25) is 5.02 Å². The summed E-state index contributed by atoms with van der Waals surface area (Å²) in [6, 6.07) is 21.5. The molecule has 0 aliphatic carbocycles. The number of nitrogens with zero attached hydrogens (tertiary/aromatic N) is 2. The summed E-state index contributed by atoms with van der Waals surface area (Å²) in [6.45, 7) is 2.03. The first-order valence-electron chi connectivity index (χ1n) is 10.6. The fraction of sp³-hybridized carbons (Fsp3) is 0.115. The molecular weight excluding hydrogens is 470 g/mol. The maximum atomic E-state index is 11.5. The topological polar surface area (TPSA) is 78.6 Å². The molecule has 3 heterocycles. The molecule has 2 aromatic heterocycles. The van der Waals surface area contributed by atoms with E-state index in [1.54, 1.807) is 18.3 Å². The van der Waals surface area contributed by atoms with Crippen LogP contribution in [-0.4, -0.2) is 21.2 Å². The van der Waals surface area contributed by atoms with Gasteiger partial charge in [0.25, 0.3) is 0 Å². The Balaban J connectivity index is 1.61. The van der Waals surface area contributed by atoms with Crippen molar-refractivity contribution >= 4 is 40.6 Å². The van der Waals surface area contributed by atoms with Crippen LogP contribution in [0.1, 0.15) is 39.5 Å². The Morgan fingerprint density at radius 2 is 1.97 bits per heavy atom. The molecule has 2 atom stereocenters. The van der Waals surface area contributed by atoms with Crippen LogP contribution >= 0.6 is 23.8 Å². The molecule has 6 nitrogen and oxygen atoms in total. The molecule has 0 saturated carbocycles. The third-order valence-corrected chi connectivity index (χ3v) is 6.42. The lowest BCUT2D eigenvalue weighted by atomic mass is 10.0. The number of pyridine rings is 1. The van der Waals surface area contributed by atoms with Crippen LogP contribution < -0.4 is 10.2 Å². The molecule has 5 rings (SSSR count). The minimum absolute atomic E-state index is 0.133. The molecular formula is C26H20ClN3O3S. The Bertz CT molecular complexity index is 1390. The number of carboxylic acids is 1. The van der Waals surface area contributed by atoms with Gasteiger partial charge in [-0.3, -0.25) is 4.98 Å². The third kappa shape index (κ3) is 4.04. The molecule has 34 heavy (non-hydrogen) atoms. The minimum atomic E-state index is -1.03. The lowest BCUT2D eigenvalue weighted by molar-refractivity contribution is 0.0697. The van der Waals surface area contributed by atoms with Crippen LogP contribution in [0.4, 0.5) is 5.69 Å². The molecule has 8 heteroatoms. The summed E-state index contributed by atoms with van der Waals surface area (Å²) in [5, 5.41) is 13.8. The van der Waals surface area contributed by atoms with Gasteiger partial charge in [0.2, 0.25) is 0 Å². The van der Waals surface area contributed by atoms with Gasteiger partial charge in [0, 0.05) is 17.4 Å². The van der Waals surface area contributed by atoms with Crippen molar-refractivity contribution in [1.29, 1.82) is 0 Å². The third-order valence-electron chi connectivity index (χ3n) is 5.77. The van der Waals surface area contributed by atoms with Gasteiger partial charge in [0.05, 0.1) is 22.3 Å². The first kappa shape index (κ1) is 22.1. The minimum Gasteiger partial charge on any atom is -0.478 e. The van der Waals surface area contributed by atoms with Crippen LogP contribution in [0.15, 0.2) is 83.4 Å². The first-order chi connectivity index (χ1) is 16.4. The quantitative estimate of drug-likeness (QED) is 0.324. The average molecular weight is 490 g/mol. The number of anilines is 1. The highest BCUT2D eigenvalue weighted by atomic mass is 35.5. The van der Waals surface area contributed by atoms with Gasteiger partial charge < -0.3 is 19.7 Å². The molecule has 2 aromatic carbocycles. The van der Waals surface area contributed by atoms with Crippen molar-refractivity contribution in [2.24, 2.45) is 0 Å². The van der Waals surface area contributed by atoms with E-state index >= 15 is 0 Å². The molecule has 0 amide bonds. The highest BCUT2D eigenvalue weighted by Gasteiger charge is 2.42. The van der Waals surface area contributed by atoms with Gasteiger partial charge in [-0.15, -0.1) is 0 Å². The number of aromatic nitrogens is 1. The number of benzene rings is 2. The Kier molecular flexibility index (Phi) is 5.81. The summed E-state index contributed by atoms with van der Waals surface area (Å²) < 4.78 is 6.30. The molecule has 0 radical (unpaired) electrons. The fourth-order valence-corrected chi connectivity index (χ4v) is 4.76.